The zero-order valence-corrected chi connectivity index (χ0v) is 13.4. The number of aryl methyl sites for hydroxylation is 1. The minimum Gasteiger partial charge on any atom is -0.378 e. The number of fused-ring (bicyclic) bond motifs is 1. The van der Waals surface area contributed by atoms with Gasteiger partial charge in [-0.1, -0.05) is 67.6 Å². The van der Waals surface area contributed by atoms with Crippen LogP contribution < -0.4 is 5.32 Å². The minimum absolute atomic E-state index is 0.377. The molecule has 1 nitrogen and oxygen atoms in total. The van der Waals surface area contributed by atoms with E-state index < -0.39 is 0 Å². The summed E-state index contributed by atoms with van der Waals surface area (Å²) in [4.78, 5) is 0. The van der Waals surface area contributed by atoms with E-state index in [0.29, 0.717) is 6.04 Å². The maximum atomic E-state index is 3.65. The molecule has 0 aromatic heterocycles. The molecule has 1 aliphatic rings. The maximum absolute atomic E-state index is 3.65. The summed E-state index contributed by atoms with van der Waals surface area (Å²) in [6, 6.07) is 26.8. The fraction of sp³-hybridized carbons (Fsp3) is 0.182. The highest BCUT2D eigenvalue weighted by atomic mass is 14.9. The lowest BCUT2D eigenvalue weighted by molar-refractivity contribution is 0.824. The second-order valence-corrected chi connectivity index (χ2v) is 6.23. The lowest BCUT2D eigenvalue weighted by Crippen LogP contribution is -2.05. The Morgan fingerprint density at radius 3 is 2.48 bits per heavy atom. The van der Waals surface area contributed by atoms with E-state index in [4.69, 9.17) is 0 Å². The van der Waals surface area contributed by atoms with Crippen LogP contribution in [0.1, 0.15) is 29.7 Å². The molecular formula is C22H21N. The summed E-state index contributed by atoms with van der Waals surface area (Å²) >= 11 is 0. The topological polar surface area (TPSA) is 12.0 Å². The van der Waals surface area contributed by atoms with Gasteiger partial charge in [-0.25, -0.2) is 0 Å². The summed E-state index contributed by atoms with van der Waals surface area (Å²) in [5.74, 6) is 0. The van der Waals surface area contributed by atoms with Gasteiger partial charge in [-0.2, -0.15) is 0 Å². The summed E-state index contributed by atoms with van der Waals surface area (Å²) in [6.45, 7) is 2.19. The highest BCUT2D eigenvalue weighted by Crippen LogP contribution is 2.35. The SMILES string of the molecule is CCc1ccc(-c2cccc(C3Cc4ccccc4N3)c2)cc1. The van der Waals surface area contributed by atoms with Crippen molar-refractivity contribution in [2.75, 3.05) is 5.32 Å². The Kier molecular flexibility index (Phi) is 3.63. The molecule has 3 aromatic carbocycles. The number of anilines is 1. The molecule has 0 amide bonds. The Bertz CT molecular complexity index is 792. The zero-order valence-electron chi connectivity index (χ0n) is 13.4. The van der Waals surface area contributed by atoms with Crippen LogP contribution in [0, 0.1) is 0 Å². The molecular weight excluding hydrogens is 278 g/mol. The summed E-state index contributed by atoms with van der Waals surface area (Å²) in [5.41, 5.74) is 8.02. The highest BCUT2D eigenvalue weighted by Gasteiger charge is 2.21. The summed E-state index contributed by atoms with van der Waals surface area (Å²) < 4.78 is 0. The van der Waals surface area contributed by atoms with Gasteiger partial charge in [0.2, 0.25) is 0 Å². The van der Waals surface area contributed by atoms with Crippen LogP contribution in [0.4, 0.5) is 5.69 Å². The molecule has 1 aliphatic heterocycles. The van der Waals surface area contributed by atoms with Gasteiger partial charge < -0.3 is 5.32 Å². The first-order valence-corrected chi connectivity index (χ1v) is 8.37. The quantitative estimate of drug-likeness (QED) is 0.661. The first-order valence-electron chi connectivity index (χ1n) is 8.37. The third kappa shape index (κ3) is 2.75. The van der Waals surface area contributed by atoms with Gasteiger partial charge in [0, 0.05) is 5.69 Å². The van der Waals surface area contributed by atoms with E-state index in [-0.39, 0.29) is 0 Å². The van der Waals surface area contributed by atoms with Gasteiger partial charge in [0.15, 0.2) is 0 Å². The first kappa shape index (κ1) is 14.1. The molecule has 1 N–H and O–H groups in total. The van der Waals surface area contributed by atoms with E-state index >= 15 is 0 Å². The molecule has 1 unspecified atom stereocenters. The molecule has 0 fully saturated rings. The molecule has 23 heavy (non-hydrogen) atoms. The Morgan fingerprint density at radius 1 is 0.870 bits per heavy atom. The predicted molar refractivity (Wildman–Crippen MR) is 97.8 cm³/mol. The molecule has 1 heteroatoms. The molecule has 1 heterocycles. The molecule has 0 aliphatic carbocycles. The van der Waals surface area contributed by atoms with Gasteiger partial charge in [-0.05, 0) is 52.8 Å². The Morgan fingerprint density at radius 2 is 1.70 bits per heavy atom. The van der Waals surface area contributed by atoms with E-state index in [1.807, 2.05) is 0 Å². The Labute approximate surface area is 138 Å². The fourth-order valence-corrected chi connectivity index (χ4v) is 3.37. The summed E-state index contributed by atoms with van der Waals surface area (Å²) in [5, 5.41) is 3.65. The Balaban J connectivity index is 1.62. The number of hydrogen-bond acceptors (Lipinski definition) is 1. The second kappa shape index (κ2) is 5.92. The monoisotopic (exact) mass is 299 g/mol. The van der Waals surface area contributed by atoms with E-state index in [1.54, 1.807) is 0 Å². The molecule has 1 atom stereocenters. The van der Waals surface area contributed by atoms with E-state index in [2.05, 4.69) is 85.0 Å². The normalized spacial score (nSPS) is 16.0. The number of rotatable bonds is 3. The maximum Gasteiger partial charge on any atom is 0.0555 e. The summed E-state index contributed by atoms with van der Waals surface area (Å²) in [6.07, 6.45) is 2.15. The average Bonchev–Trinajstić information content (AvgIpc) is 3.06. The van der Waals surface area contributed by atoms with Crippen molar-refractivity contribution in [2.24, 2.45) is 0 Å². The third-order valence-corrected chi connectivity index (χ3v) is 4.76. The van der Waals surface area contributed by atoms with E-state index in [0.717, 1.165) is 12.8 Å². The number of hydrogen-bond donors (Lipinski definition) is 1. The van der Waals surface area contributed by atoms with Crippen LogP contribution in [0.15, 0.2) is 72.8 Å². The van der Waals surface area contributed by atoms with Crippen LogP contribution in [0.3, 0.4) is 0 Å². The van der Waals surface area contributed by atoms with Crippen molar-refractivity contribution in [3.8, 4) is 11.1 Å². The molecule has 3 aromatic rings. The Hall–Kier alpha value is -2.54. The van der Waals surface area contributed by atoms with Crippen molar-refractivity contribution >= 4 is 5.69 Å². The van der Waals surface area contributed by atoms with Crippen LogP contribution >= 0.6 is 0 Å². The van der Waals surface area contributed by atoms with Crippen LogP contribution in [0.5, 0.6) is 0 Å². The molecule has 0 bridgehead atoms. The predicted octanol–water partition coefficient (Wildman–Crippen LogP) is 5.63. The highest BCUT2D eigenvalue weighted by molar-refractivity contribution is 5.66. The average molecular weight is 299 g/mol. The van der Waals surface area contributed by atoms with E-state index in [9.17, 15) is 0 Å². The lowest BCUT2D eigenvalue weighted by atomic mass is 9.97. The van der Waals surface area contributed by atoms with Gasteiger partial charge in [0.05, 0.1) is 6.04 Å². The van der Waals surface area contributed by atoms with Gasteiger partial charge >= 0.3 is 0 Å². The standard InChI is InChI=1S/C22H21N/c1-2-16-10-12-17(13-11-16)18-7-5-8-19(14-18)22-15-20-6-3-4-9-21(20)23-22/h3-14,22-23H,2,15H2,1H3. The molecule has 0 spiro atoms. The second-order valence-electron chi connectivity index (χ2n) is 6.23. The summed E-state index contributed by atoms with van der Waals surface area (Å²) in [7, 11) is 0. The van der Waals surface area contributed by atoms with Gasteiger partial charge in [0.25, 0.3) is 0 Å². The van der Waals surface area contributed by atoms with Crippen LogP contribution in [-0.4, -0.2) is 0 Å². The van der Waals surface area contributed by atoms with Crippen molar-refractivity contribution in [3.05, 3.63) is 89.5 Å². The molecule has 0 saturated carbocycles. The smallest absolute Gasteiger partial charge is 0.0555 e. The number of nitrogens with one attached hydrogen (secondary N) is 1. The van der Waals surface area contributed by atoms with Crippen molar-refractivity contribution < 1.29 is 0 Å². The number of para-hydroxylation sites is 1. The van der Waals surface area contributed by atoms with Crippen LogP contribution in [0.25, 0.3) is 11.1 Å². The largest absolute Gasteiger partial charge is 0.378 e. The van der Waals surface area contributed by atoms with Crippen LogP contribution in [-0.2, 0) is 12.8 Å². The first-order chi connectivity index (χ1) is 11.3. The van der Waals surface area contributed by atoms with Crippen LogP contribution in [0.2, 0.25) is 0 Å². The third-order valence-electron chi connectivity index (χ3n) is 4.76. The van der Waals surface area contributed by atoms with Crippen molar-refractivity contribution in [1.29, 1.82) is 0 Å². The lowest BCUT2D eigenvalue weighted by Gasteiger charge is -2.13. The van der Waals surface area contributed by atoms with Gasteiger partial charge in [0.1, 0.15) is 0 Å². The molecule has 0 radical (unpaired) electrons. The number of benzene rings is 3. The molecule has 4 rings (SSSR count). The van der Waals surface area contributed by atoms with Crippen molar-refractivity contribution in [2.45, 2.75) is 25.8 Å². The van der Waals surface area contributed by atoms with Gasteiger partial charge in [-0.15, -0.1) is 0 Å². The van der Waals surface area contributed by atoms with Crippen molar-refractivity contribution in [1.82, 2.24) is 0 Å². The fourth-order valence-electron chi connectivity index (χ4n) is 3.37. The van der Waals surface area contributed by atoms with Crippen molar-refractivity contribution in [3.63, 3.8) is 0 Å². The molecule has 114 valence electrons. The zero-order chi connectivity index (χ0) is 15.6. The molecule has 0 saturated heterocycles. The van der Waals surface area contributed by atoms with Gasteiger partial charge in [-0.3, -0.25) is 0 Å². The van der Waals surface area contributed by atoms with E-state index in [1.165, 1.54) is 33.5 Å². The minimum atomic E-state index is 0.377.